The molecule has 0 unspecified atom stereocenters. The van der Waals surface area contributed by atoms with Crippen molar-refractivity contribution in [2.75, 3.05) is 5.32 Å². The molecule has 3 rings (SSSR count). The summed E-state index contributed by atoms with van der Waals surface area (Å²) < 4.78 is 6.91. The second-order valence-electron chi connectivity index (χ2n) is 5.10. The molecule has 6 heteroatoms. The van der Waals surface area contributed by atoms with E-state index in [4.69, 9.17) is 4.74 Å². The molecule has 1 amide bonds. The number of nitrogens with zero attached hydrogens (tertiary/aromatic N) is 2. The van der Waals surface area contributed by atoms with Crippen LogP contribution in [-0.2, 0) is 4.79 Å². The molecule has 1 N–H and O–H groups in total. The van der Waals surface area contributed by atoms with Crippen LogP contribution in [0.25, 0.3) is 5.69 Å². The third-order valence-corrected chi connectivity index (χ3v) is 3.22. The molecule has 0 saturated carbocycles. The molecule has 0 bridgehead atoms. The third-order valence-electron chi connectivity index (χ3n) is 3.22. The first-order chi connectivity index (χ1) is 11.6. The maximum Gasteiger partial charge on any atom is 0.346 e. The summed E-state index contributed by atoms with van der Waals surface area (Å²) in [5.41, 5.74) is 1.85. The highest BCUT2D eigenvalue weighted by molar-refractivity contribution is 5.91. The van der Waals surface area contributed by atoms with Crippen LogP contribution < -0.4 is 10.1 Å². The van der Waals surface area contributed by atoms with Crippen LogP contribution in [0.5, 0.6) is 5.75 Å². The van der Waals surface area contributed by atoms with Gasteiger partial charge in [0.15, 0.2) is 0 Å². The Kier molecular flexibility index (Phi) is 4.38. The van der Waals surface area contributed by atoms with Crippen LogP contribution in [-0.4, -0.2) is 21.7 Å². The highest BCUT2D eigenvalue weighted by Crippen LogP contribution is 2.17. The van der Waals surface area contributed by atoms with Crippen LogP contribution in [0.1, 0.15) is 17.3 Å². The van der Waals surface area contributed by atoms with Crippen LogP contribution in [0.3, 0.4) is 0 Å². The van der Waals surface area contributed by atoms with E-state index in [9.17, 15) is 9.59 Å². The summed E-state index contributed by atoms with van der Waals surface area (Å²) in [6.07, 6.45) is 3.07. The quantitative estimate of drug-likeness (QED) is 0.592. The minimum atomic E-state index is -0.496. The molecule has 120 valence electrons. The van der Waals surface area contributed by atoms with E-state index in [0.29, 0.717) is 17.0 Å². The number of carbonyl (C=O) groups excluding carboxylic acids is 2. The number of hydrogen-bond acceptors (Lipinski definition) is 4. The van der Waals surface area contributed by atoms with Crippen molar-refractivity contribution in [2.45, 2.75) is 6.92 Å². The van der Waals surface area contributed by atoms with E-state index < -0.39 is 5.97 Å². The first-order valence-corrected chi connectivity index (χ1v) is 7.32. The lowest BCUT2D eigenvalue weighted by Crippen LogP contribution is -2.08. The maximum absolute atomic E-state index is 12.2. The van der Waals surface area contributed by atoms with Crippen molar-refractivity contribution in [1.29, 1.82) is 0 Å². The summed E-state index contributed by atoms with van der Waals surface area (Å²) in [4.78, 5) is 23.2. The Bertz CT molecular complexity index is 855. The zero-order valence-corrected chi connectivity index (χ0v) is 13.0. The first kappa shape index (κ1) is 15.5. The van der Waals surface area contributed by atoms with Gasteiger partial charge in [0.1, 0.15) is 5.75 Å². The van der Waals surface area contributed by atoms with Gasteiger partial charge in [-0.3, -0.25) is 4.79 Å². The van der Waals surface area contributed by atoms with Crippen molar-refractivity contribution >= 4 is 17.6 Å². The van der Waals surface area contributed by atoms with E-state index in [1.165, 1.54) is 13.1 Å². The van der Waals surface area contributed by atoms with Crippen LogP contribution in [0.2, 0.25) is 0 Å². The number of esters is 1. The maximum atomic E-state index is 12.2. The molecular formula is C18H15N3O3. The van der Waals surface area contributed by atoms with Gasteiger partial charge in [-0.2, -0.15) is 5.10 Å². The predicted octanol–water partition coefficient (Wildman–Crippen LogP) is 3.05. The summed E-state index contributed by atoms with van der Waals surface area (Å²) in [5.74, 6) is -0.265. The Morgan fingerprint density at radius 1 is 1.04 bits per heavy atom. The monoisotopic (exact) mass is 321 g/mol. The van der Waals surface area contributed by atoms with Gasteiger partial charge in [-0.05, 0) is 36.4 Å². The second-order valence-corrected chi connectivity index (χ2v) is 5.10. The number of benzene rings is 2. The number of aromatic nitrogens is 2. The van der Waals surface area contributed by atoms with Gasteiger partial charge >= 0.3 is 5.97 Å². The van der Waals surface area contributed by atoms with Crippen molar-refractivity contribution in [3.05, 3.63) is 72.6 Å². The summed E-state index contributed by atoms with van der Waals surface area (Å²) >= 11 is 0. The molecule has 2 aromatic carbocycles. The molecule has 0 aliphatic carbocycles. The molecule has 0 spiro atoms. The third kappa shape index (κ3) is 3.67. The topological polar surface area (TPSA) is 73.2 Å². The largest absolute Gasteiger partial charge is 0.423 e. The van der Waals surface area contributed by atoms with Gasteiger partial charge in [0, 0.05) is 18.8 Å². The van der Waals surface area contributed by atoms with Gasteiger partial charge in [-0.15, -0.1) is 0 Å². The lowest BCUT2D eigenvalue weighted by Gasteiger charge is -2.05. The zero-order valence-electron chi connectivity index (χ0n) is 13.0. The van der Waals surface area contributed by atoms with Gasteiger partial charge in [-0.25, -0.2) is 9.48 Å². The van der Waals surface area contributed by atoms with E-state index in [1.54, 1.807) is 35.1 Å². The number of rotatable bonds is 4. The van der Waals surface area contributed by atoms with Crippen molar-refractivity contribution in [3.8, 4) is 11.4 Å². The van der Waals surface area contributed by atoms with Crippen molar-refractivity contribution < 1.29 is 14.3 Å². The Morgan fingerprint density at radius 3 is 2.42 bits per heavy atom. The van der Waals surface area contributed by atoms with E-state index in [1.807, 2.05) is 30.3 Å². The Morgan fingerprint density at radius 2 is 1.75 bits per heavy atom. The van der Waals surface area contributed by atoms with E-state index in [0.717, 1.165) is 5.69 Å². The van der Waals surface area contributed by atoms with E-state index in [-0.39, 0.29) is 5.91 Å². The Hall–Kier alpha value is -3.41. The first-order valence-electron chi connectivity index (χ1n) is 7.32. The molecule has 6 nitrogen and oxygen atoms in total. The van der Waals surface area contributed by atoms with Gasteiger partial charge in [-0.1, -0.05) is 18.2 Å². The summed E-state index contributed by atoms with van der Waals surface area (Å²) in [5, 5.41) is 6.81. The molecule has 24 heavy (non-hydrogen) atoms. The predicted molar refractivity (Wildman–Crippen MR) is 89.3 cm³/mol. The van der Waals surface area contributed by atoms with Crippen LogP contribution >= 0.6 is 0 Å². The molecule has 1 aromatic heterocycles. The molecule has 0 atom stereocenters. The van der Waals surface area contributed by atoms with Crippen molar-refractivity contribution in [3.63, 3.8) is 0 Å². The Balaban J connectivity index is 1.69. The normalized spacial score (nSPS) is 10.2. The van der Waals surface area contributed by atoms with Gasteiger partial charge in [0.25, 0.3) is 0 Å². The van der Waals surface area contributed by atoms with Crippen LogP contribution in [0.4, 0.5) is 5.69 Å². The lowest BCUT2D eigenvalue weighted by molar-refractivity contribution is -0.114. The summed E-state index contributed by atoms with van der Waals surface area (Å²) in [6, 6.07) is 16.0. The minimum absolute atomic E-state index is 0.159. The van der Waals surface area contributed by atoms with Gasteiger partial charge in [0.05, 0.1) is 17.4 Å². The lowest BCUT2D eigenvalue weighted by atomic mass is 10.3. The van der Waals surface area contributed by atoms with Crippen LogP contribution in [0, 0.1) is 0 Å². The van der Waals surface area contributed by atoms with Gasteiger partial charge < -0.3 is 10.1 Å². The molecule has 1 heterocycles. The van der Waals surface area contributed by atoms with Crippen LogP contribution in [0.15, 0.2) is 67.0 Å². The number of para-hydroxylation sites is 1. The number of anilines is 1. The number of nitrogens with one attached hydrogen (secondary N) is 1. The number of carbonyl (C=O) groups is 2. The van der Waals surface area contributed by atoms with E-state index >= 15 is 0 Å². The molecule has 0 radical (unpaired) electrons. The molecule has 0 aliphatic rings. The van der Waals surface area contributed by atoms with Gasteiger partial charge in [0.2, 0.25) is 5.91 Å². The average molecular weight is 321 g/mol. The molecule has 0 fully saturated rings. The highest BCUT2D eigenvalue weighted by atomic mass is 16.5. The fourth-order valence-electron chi connectivity index (χ4n) is 2.13. The molecule has 3 aromatic rings. The molecular weight excluding hydrogens is 306 g/mol. The second kappa shape index (κ2) is 6.78. The summed E-state index contributed by atoms with van der Waals surface area (Å²) in [6.45, 7) is 1.43. The average Bonchev–Trinajstić information content (AvgIpc) is 3.07. The minimum Gasteiger partial charge on any atom is -0.423 e. The standard InChI is InChI=1S/C18H15N3O3/c1-13(22)20-15-7-9-17(10-8-15)24-18(23)14-11-19-21(12-14)16-5-3-2-4-6-16/h2-12H,1H3,(H,20,22). The number of hydrogen-bond donors (Lipinski definition) is 1. The Labute approximate surface area is 138 Å². The zero-order chi connectivity index (χ0) is 16.9. The SMILES string of the molecule is CC(=O)Nc1ccc(OC(=O)c2cnn(-c3ccccc3)c2)cc1. The number of ether oxygens (including phenoxy) is 1. The molecule has 0 saturated heterocycles. The summed E-state index contributed by atoms with van der Waals surface area (Å²) in [7, 11) is 0. The van der Waals surface area contributed by atoms with Crippen molar-refractivity contribution in [1.82, 2.24) is 9.78 Å². The van der Waals surface area contributed by atoms with Crippen molar-refractivity contribution in [2.24, 2.45) is 0 Å². The highest BCUT2D eigenvalue weighted by Gasteiger charge is 2.12. The van der Waals surface area contributed by atoms with E-state index in [2.05, 4.69) is 10.4 Å². The smallest absolute Gasteiger partial charge is 0.346 e. The fourth-order valence-corrected chi connectivity index (χ4v) is 2.13. The fraction of sp³-hybridized carbons (Fsp3) is 0.0556. The number of amides is 1. The molecule has 0 aliphatic heterocycles.